The predicted molar refractivity (Wildman–Crippen MR) is 84.9 cm³/mol. The first-order valence-electron chi connectivity index (χ1n) is 6.37. The highest BCUT2D eigenvalue weighted by atomic mass is 35.5. The third-order valence-electron chi connectivity index (χ3n) is 3.14. The molecule has 3 nitrogen and oxygen atoms in total. The normalized spacial score (nSPS) is 10.2. The van der Waals surface area contributed by atoms with Crippen molar-refractivity contribution in [1.82, 2.24) is 0 Å². The predicted octanol–water partition coefficient (Wildman–Crippen LogP) is 4.25. The summed E-state index contributed by atoms with van der Waals surface area (Å²) in [5, 5.41) is 6.54. The number of amides is 1. The fourth-order valence-corrected chi connectivity index (χ4v) is 2.15. The van der Waals surface area contributed by atoms with Crippen LogP contribution in [0.3, 0.4) is 0 Å². The third kappa shape index (κ3) is 3.11. The summed E-state index contributed by atoms with van der Waals surface area (Å²) >= 11 is 5.96. The van der Waals surface area contributed by atoms with E-state index in [1.54, 1.807) is 19.2 Å². The summed E-state index contributed by atoms with van der Waals surface area (Å²) in [6.45, 7) is 3.92. The fourth-order valence-electron chi connectivity index (χ4n) is 1.98. The van der Waals surface area contributed by atoms with E-state index in [0.717, 1.165) is 22.5 Å². The highest BCUT2D eigenvalue weighted by Gasteiger charge is 2.12. The standard InChI is InChI=1S/C16H17ClN2O/c1-10-4-7-13(15(8-10)18-3)16(20)19-14-9-12(17)6-5-11(14)2/h4-9,18H,1-3H3,(H,19,20). The quantitative estimate of drug-likeness (QED) is 0.886. The van der Waals surface area contributed by atoms with E-state index in [9.17, 15) is 4.79 Å². The van der Waals surface area contributed by atoms with Crippen molar-refractivity contribution < 1.29 is 4.79 Å². The molecule has 20 heavy (non-hydrogen) atoms. The highest BCUT2D eigenvalue weighted by molar-refractivity contribution is 6.31. The van der Waals surface area contributed by atoms with Gasteiger partial charge in [0.2, 0.25) is 0 Å². The first-order chi connectivity index (χ1) is 9.51. The van der Waals surface area contributed by atoms with Crippen molar-refractivity contribution in [2.45, 2.75) is 13.8 Å². The van der Waals surface area contributed by atoms with Gasteiger partial charge in [-0.1, -0.05) is 23.7 Å². The maximum atomic E-state index is 12.4. The van der Waals surface area contributed by atoms with E-state index in [2.05, 4.69) is 10.6 Å². The van der Waals surface area contributed by atoms with Gasteiger partial charge in [0, 0.05) is 23.4 Å². The minimum Gasteiger partial charge on any atom is -0.387 e. The van der Waals surface area contributed by atoms with Crippen LogP contribution in [0.2, 0.25) is 5.02 Å². The summed E-state index contributed by atoms with van der Waals surface area (Å²) in [5.74, 6) is -0.153. The van der Waals surface area contributed by atoms with Gasteiger partial charge in [0.25, 0.3) is 5.91 Å². The Labute approximate surface area is 124 Å². The van der Waals surface area contributed by atoms with Crippen LogP contribution in [0.1, 0.15) is 21.5 Å². The van der Waals surface area contributed by atoms with Gasteiger partial charge in [-0.15, -0.1) is 0 Å². The van der Waals surface area contributed by atoms with E-state index in [1.165, 1.54) is 0 Å². The van der Waals surface area contributed by atoms with Crippen molar-refractivity contribution in [2.75, 3.05) is 17.7 Å². The summed E-state index contributed by atoms with van der Waals surface area (Å²) in [5.41, 5.74) is 4.22. The second-order valence-corrected chi connectivity index (χ2v) is 5.15. The van der Waals surface area contributed by atoms with Gasteiger partial charge in [0.1, 0.15) is 0 Å². The van der Waals surface area contributed by atoms with Gasteiger partial charge in [0.05, 0.1) is 5.56 Å². The molecule has 0 fully saturated rings. The lowest BCUT2D eigenvalue weighted by molar-refractivity contribution is 0.102. The molecule has 0 spiro atoms. The van der Waals surface area contributed by atoms with Crippen LogP contribution in [0, 0.1) is 13.8 Å². The number of hydrogen-bond donors (Lipinski definition) is 2. The van der Waals surface area contributed by atoms with Crippen LogP contribution >= 0.6 is 11.6 Å². The number of carbonyl (C=O) groups is 1. The fraction of sp³-hybridized carbons (Fsp3) is 0.188. The zero-order chi connectivity index (χ0) is 14.7. The topological polar surface area (TPSA) is 41.1 Å². The minimum absolute atomic E-state index is 0.153. The molecule has 0 radical (unpaired) electrons. The Bertz CT molecular complexity index is 653. The maximum Gasteiger partial charge on any atom is 0.257 e. The molecular weight excluding hydrogens is 272 g/mol. The molecule has 0 unspecified atom stereocenters. The number of halogens is 1. The van der Waals surface area contributed by atoms with Crippen molar-refractivity contribution in [1.29, 1.82) is 0 Å². The van der Waals surface area contributed by atoms with Gasteiger partial charge < -0.3 is 10.6 Å². The summed E-state index contributed by atoms with van der Waals surface area (Å²) in [7, 11) is 1.80. The molecule has 2 aromatic rings. The Morgan fingerprint density at radius 1 is 1.05 bits per heavy atom. The van der Waals surface area contributed by atoms with Gasteiger partial charge in [-0.3, -0.25) is 4.79 Å². The molecule has 0 saturated carbocycles. The first kappa shape index (κ1) is 14.4. The van der Waals surface area contributed by atoms with Crippen LogP contribution in [-0.2, 0) is 0 Å². The zero-order valence-corrected chi connectivity index (χ0v) is 12.5. The van der Waals surface area contributed by atoms with E-state index in [1.807, 2.05) is 38.1 Å². The highest BCUT2D eigenvalue weighted by Crippen LogP contribution is 2.23. The van der Waals surface area contributed by atoms with E-state index in [4.69, 9.17) is 11.6 Å². The average molecular weight is 289 g/mol. The molecule has 4 heteroatoms. The molecule has 2 N–H and O–H groups in total. The average Bonchev–Trinajstić information content (AvgIpc) is 2.42. The Kier molecular flexibility index (Phi) is 4.30. The first-order valence-corrected chi connectivity index (χ1v) is 6.75. The van der Waals surface area contributed by atoms with Gasteiger partial charge in [-0.25, -0.2) is 0 Å². The Balaban J connectivity index is 2.30. The lowest BCUT2D eigenvalue weighted by atomic mass is 10.1. The number of rotatable bonds is 3. The van der Waals surface area contributed by atoms with Crippen LogP contribution in [-0.4, -0.2) is 13.0 Å². The van der Waals surface area contributed by atoms with Crippen molar-refractivity contribution >= 4 is 28.9 Å². The molecule has 1 amide bonds. The van der Waals surface area contributed by atoms with Crippen LogP contribution in [0.15, 0.2) is 36.4 Å². The Hall–Kier alpha value is -2.00. The van der Waals surface area contributed by atoms with E-state index >= 15 is 0 Å². The monoisotopic (exact) mass is 288 g/mol. The third-order valence-corrected chi connectivity index (χ3v) is 3.37. The number of hydrogen-bond acceptors (Lipinski definition) is 2. The van der Waals surface area contributed by atoms with Gasteiger partial charge >= 0.3 is 0 Å². The van der Waals surface area contributed by atoms with Crippen LogP contribution in [0.4, 0.5) is 11.4 Å². The molecular formula is C16H17ClN2O. The Morgan fingerprint density at radius 2 is 1.80 bits per heavy atom. The Morgan fingerprint density at radius 3 is 2.50 bits per heavy atom. The van der Waals surface area contributed by atoms with Crippen LogP contribution < -0.4 is 10.6 Å². The molecule has 0 saturated heterocycles. The molecule has 0 aliphatic carbocycles. The number of carbonyl (C=O) groups excluding carboxylic acids is 1. The van der Waals surface area contributed by atoms with Crippen molar-refractivity contribution in [3.63, 3.8) is 0 Å². The summed E-state index contributed by atoms with van der Waals surface area (Å²) in [6.07, 6.45) is 0. The lowest BCUT2D eigenvalue weighted by Crippen LogP contribution is -2.14. The van der Waals surface area contributed by atoms with E-state index < -0.39 is 0 Å². The number of aryl methyl sites for hydroxylation is 2. The van der Waals surface area contributed by atoms with Gasteiger partial charge in [-0.2, -0.15) is 0 Å². The smallest absolute Gasteiger partial charge is 0.257 e. The van der Waals surface area contributed by atoms with Crippen molar-refractivity contribution in [3.05, 3.63) is 58.1 Å². The van der Waals surface area contributed by atoms with Gasteiger partial charge in [-0.05, 0) is 49.2 Å². The molecule has 0 heterocycles. The number of benzene rings is 2. The maximum absolute atomic E-state index is 12.4. The second kappa shape index (κ2) is 5.97. The molecule has 104 valence electrons. The largest absolute Gasteiger partial charge is 0.387 e. The second-order valence-electron chi connectivity index (χ2n) is 4.71. The minimum atomic E-state index is -0.153. The van der Waals surface area contributed by atoms with Gasteiger partial charge in [0.15, 0.2) is 0 Å². The molecule has 0 aromatic heterocycles. The van der Waals surface area contributed by atoms with Crippen LogP contribution in [0.25, 0.3) is 0 Å². The zero-order valence-electron chi connectivity index (χ0n) is 11.8. The van der Waals surface area contributed by atoms with E-state index in [-0.39, 0.29) is 5.91 Å². The summed E-state index contributed by atoms with van der Waals surface area (Å²) in [4.78, 5) is 12.4. The molecule has 0 aliphatic heterocycles. The lowest BCUT2D eigenvalue weighted by Gasteiger charge is -2.12. The number of nitrogens with one attached hydrogen (secondary N) is 2. The molecule has 2 aromatic carbocycles. The van der Waals surface area contributed by atoms with Crippen molar-refractivity contribution in [2.24, 2.45) is 0 Å². The number of anilines is 2. The SMILES string of the molecule is CNc1cc(C)ccc1C(=O)Nc1cc(Cl)ccc1C. The van der Waals surface area contributed by atoms with Crippen LogP contribution in [0.5, 0.6) is 0 Å². The molecule has 0 aliphatic rings. The molecule has 0 atom stereocenters. The molecule has 0 bridgehead atoms. The summed E-state index contributed by atoms with van der Waals surface area (Å²) in [6, 6.07) is 11.1. The summed E-state index contributed by atoms with van der Waals surface area (Å²) < 4.78 is 0. The van der Waals surface area contributed by atoms with E-state index in [0.29, 0.717) is 10.6 Å². The molecule has 2 rings (SSSR count). The van der Waals surface area contributed by atoms with Crippen molar-refractivity contribution in [3.8, 4) is 0 Å².